The topological polar surface area (TPSA) is 38.0 Å². The molecule has 2 aromatic rings. The van der Waals surface area contributed by atoms with Crippen molar-refractivity contribution in [3.63, 3.8) is 0 Å². The second kappa shape index (κ2) is 6.35. The van der Waals surface area contributed by atoms with Crippen LogP contribution in [0.4, 0.5) is 4.39 Å². The van der Waals surface area contributed by atoms with Crippen LogP contribution < -0.4 is 11.3 Å². The van der Waals surface area contributed by atoms with Crippen LogP contribution in [0.2, 0.25) is 10.0 Å². The average molecular weight is 299 g/mol. The van der Waals surface area contributed by atoms with Gasteiger partial charge in [-0.1, -0.05) is 41.4 Å². The van der Waals surface area contributed by atoms with Crippen LogP contribution in [0.3, 0.4) is 0 Å². The highest BCUT2D eigenvalue weighted by Crippen LogP contribution is 2.23. The Labute approximate surface area is 121 Å². The molecule has 0 amide bonds. The fourth-order valence-corrected chi connectivity index (χ4v) is 2.16. The number of hydrogen-bond acceptors (Lipinski definition) is 2. The zero-order chi connectivity index (χ0) is 13.8. The Morgan fingerprint density at radius 2 is 1.68 bits per heavy atom. The third-order valence-electron chi connectivity index (χ3n) is 2.91. The standard InChI is InChI=1S/C14H13Cl2FN2/c15-11-4-1-9(2-5-11)14(19-18)7-10-3-6-12(16)8-13(10)17/h1-6,8,14,19H,7,18H2. The maximum atomic E-state index is 13.8. The molecule has 1 atom stereocenters. The molecule has 19 heavy (non-hydrogen) atoms. The summed E-state index contributed by atoms with van der Waals surface area (Å²) in [4.78, 5) is 0. The van der Waals surface area contributed by atoms with Crippen LogP contribution in [-0.2, 0) is 6.42 Å². The molecule has 0 saturated heterocycles. The number of nitrogens with two attached hydrogens (primary N) is 1. The highest BCUT2D eigenvalue weighted by molar-refractivity contribution is 6.30. The summed E-state index contributed by atoms with van der Waals surface area (Å²) in [7, 11) is 0. The molecule has 0 aliphatic heterocycles. The van der Waals surface area contributed by atoms with Gasteiger partial charge in [0.1, 0.15) is 5.82 Å². The molecule has 2 nitrogen and oxygen atoms in total. The third kappa shape index (κ3) is 3.67. The van der Waals surface area contributed by atoms with Gasteiger partial charge in [-0.2, -0.15) is 0 Å². The van der Waals surface area contributed by atoms with Crippen LogP contribution in [0.5, 0.6) is 0 Å². The van der Waals surface area contributed by atoms with Gasteiger partial charge in [-0.15, -0.1) is 0 Å². The Balaban J connectivity index is 2.21. The molecule has 1 unspecified atom stereocenters. The number of nitrogens with one attached hydrogen (secondary N) is 1. The first-order valence-electron chi connectivity index (χ1n) is 5.75. The van der Waals surface area contributed by atoms with E-state index in [1.54, 1.807) is 24.3 Å². The highest BCUT2D eigenvalue weighted by Gasteiger charge is 2.13. The van der Waals surface area contributed by atoms with Gasteiger partial charge in [0.2, 0.25) is 0 Å². The summed E-state index contributed by atoms with van der Waals surface area (Å²) >= 11 is 11.6. The van der Waals surface area contributed by atoms with Crippen molar-refractivity contribution in [1.82, 2.24) is 5.43 Å². The zero-order valence-corrected chi connectivity index (χ0v) is 11.5. The molecule has 0 radical (unpaired) electrons. The summed E-state index contributed by atoms with van der Waals surface area (Å²) in [5.41, 5.74) is 4.19. The normalized spacial score (nSPS) is 12.4. The van der Waals surface area contributed by atoms with Crippen molar-refractivity contribution in [3.8, 4) is 0 Å². The molecular weight excluding hydrogens is 286 g/mol. The first-order chi connectivity index (χ1) is 9.10. The lowest BCUT2D eigenvalue weighted by molar-refractivity contribution is 0.529. The van der Waals surface area contributed by atoms with Gasteiger partial charge < -0.3 is 0 Å². The largest absolute Gasteiger partial charge is 0.271 e. The van der Waals surface area contributed by atoms with Crippen LogP contribution in [0.15, 0.2) is 42.5 Å². The molecular formula is C14H13Cl2FN2. The van der Waals surface area contributed by atoms with Crippen LogP contribution >= 0.6 is 23.2 Å². The summed E-state index contributed by atoms with van der Waals surface area (Å²) in [6, 6.07) is 11.7. The third-order valence-corrected chi connectivity index (χ3v) is 3.40. The van der Waals surface area contributed by atoms with Gasteiger partial charge in [0.15, 0.2) is 0 Å². The SMILES string of the molecule is NNC(Cc1ccc(Cl)cc1F)c1ccc(Cl)cc1. The fraction of sp³-hybridized carbons (Fsp3) is 0.143. The maximum absolute atomic E-state index is 13.8. The molecule has 2 aromatic carbocycles. The van der Waals surface area contributed by atoms with E-state index < -0.39 is 0 Å². The minimum Gasteiger partial charge on any atom is -0.271 e. The second-order valence-electron chi connectivity index (χ2n) is 4.21. The molecule has 3 N–H and O–H groups in total. The lowest BCUT2D eigenvalue weighted by Gasteiger charge is -2.17. The van der Waals surface area contributed by atoms with Crippen molar-refractivity contribution < 1.29 is 4.39 Å². The van der Waals surface area contributed by atoms with Crippen LogP contribution in [-0.4, -0.2) is 0 Å². The first kappa shape index (κ1) is 14.3. The number of halogens is 3. The monoisotopic (exact) mass is 298 g/mol. The van der Waals surface area contributed by atoms with Crippen molar-refractivity contribution in [2.75, 3.05) is 0 Å². The molecule has 0 bridgehead atoms. The average Bonchev–Trinajstić information content (AvgIpc) is 2.39. The van der Waals surface area contributed by atoms with E-state index in [9.17, 15) is 4.39 Å². The summed E-state index contributed by atoms with van der Waals surface area (Å²) in [6.07, 6.45) is 0.432. The van der Waals surface area contributed by atoms with Crippen molar-refractivity contribution in [2.45, 2.75) is 12.5 Å². The molecule has 5 heteroatoms. The minimum atomic E-state index is -0.332. The van der Waals surface area contributed by atoms with Gasteiger partial charge in [0, 0.05) is 10.0 Å². The molecule has 0 aliphatic carbocycles. The van der Waals surface area contributed by atoms with E-state index >= 15 is 0 Å². The minimum absolute atomic E-state index is 0.187. The molecule has 0 fully saturated rings. The smallest absolute Gasteiger partial charge is 0.127 e. The molecule has 0 aliphatic rings. The predicted octanol–water partition coefficient (Wildman–Crippen LogP) is 3.88. The van der Waals surface area contributed by atoms with Gasteiger partial charge in [0.05, 0.1) is 6.04 Å². The number of hydrogen-bond donors (Lipinski definition) is 2. The number of benzene rings is 2. The molecule has 2 rings (SSSR count). The summed E-state index contributed by atoms with van der Waals surface area (Å²) in [6.45, 7) is 0. The summed E-state index contributed by atoms with van der Waals surface area (Å²) in [5, 5.41) is 1.03. The predicted molar refractivity (Wildman–Crippen MR) is 76.6 cm³/mol. The van der Waals surface area contributed by atoms with Gasteiger partial charge >= 0.3 is 0 Å². The molecule has 0 saturated carbocycles. The van der Waals surface area contributed by atoms with Crippen LogP contribution in [0.1, 0.15) is 17.2 Å². The van der Waals surface area contributed by atoms with Crippen molar-refractivity contribution in [2.24, 2.45) is 5.84 Å². The van der Waals surface area contributed by atoms with E-state index in [4.69, 9.17) is 29.0 Å². The Kier molecular flexibility index (Phi) is 4.77. The lowest BCUT2D eigenvalue weighted by Crippen LogP contribution is -2.29. The van der Waals surface area contributed by atoms with Gasteiger partial charge in [0.25, 0.3) is 0 Å². The Morgan fingerprint density at radius 1 is 1.05 bits per heavy atom. The Hall–Kier alpha value is -1.13. The van der Waals surface area contributed by atoms with E-state index in [2.05, 4.69) is 5.43 Å². The van der Waals surface area contributed by atoms with E-state index in [0.29, 0.717) is 22.0 Å². The summed E-state index contributed by atoms with van der Waals surface area (Å²) < 4.78 is 13.8. The Morgan fingerprint density at radius 3 is 2.26 bits per heavy atom. The van der Waals surface area contributed by atoms with E-state index in [-0.39, 0.29) is 11.9 Å². The van der Waals surface area contributed by atoms with Crippen LogP contribution in [0, 0.1) is 5.82 Å². The molecule has 100 valence electrons. The first-order valence-corrected chi connectivity index (χ1v) is 6.51. The van der Waals surface area contributed by atoms with E-state index in [1.807, 2.05) is 12.1 Å². The van der Waals surface area contributed by atoms with Gasteiger partial charge in [-0.25, -0.2) is 4.39 Å². The quantitative estimate of drug-likeness (QED) is 0.664. The van der Waals surface area contributed by atoms with E-state index in [1.165, 1.54) is 6.07 Å². The molecule has 0 heterocycles. The van der Waals surface area contributed by atoms with Crippen molar-refractivity contribution in [1.29, 1.82) is 0 Å². The second-order valence-corrected chi connectivity index (χ2v) is 5.08. The molecule has 0 spiro atoms. The zero-order valence-electron chi connectivity index (χ0n) is 10.0. The fourth-order valence-electron chi connectivity index (χ4n) is 1.88. The van der Waals surface area contributed by atoms with Gasteiger partial charge in [-0.3, -0.25) is 11.3 Å². The lowest BCUT2D eigenvalue weighted by atomic mass is 9.99. The van der Waals surface area contributed by atoms with E-state index in [0.717, 1.165) is 5.56 Å². The Bertz CT molecular complexity index is 558. The number of hydrazine groups is 1. The van der Waals surface area contributed by atoms with Gasteiger partial charge in [-0.05, 0) is 41.8 Å². The summed E-state index contributed by atoms with van der Waals surface area (Å²) in [5.74, 6) is 5.21. The molecule has 0 aromatic heterocycles. The van der Waals surface area contributed by atoms with Crippen LogP contribution in [0.25, 0.3) is 0 Å². The van der Waals surface area contributed by atoms with Crippen molar-refractivity contribution in [3.05, 3.63) is 69.5 Å². The highest BCUT2D eigenvalue weighted by atomic mass is 35.5. The number of rotatable bonds is 4. The van der Waals surface area contributed by atoms with Crippen molar-refractivity contribution >= 4 is 23.2 Å². The maximum Gasteiger partial charge on any atom is 0.127 e.